The lowest BCUT2D eigenvalue weighted by Gasteiger charge is -2.11. The van der Waals surface area contributed by atoms with Gasteiger partial charge in [0.25, 0.3) is 0 Å². The number of benzene rings is 2. The van der Waals surface area contributed by atoms with E-state index in [4.69, 9.17) is 16.3 Å². The highest BCUT2D eigenvalue weighted by molar-refractivity contribution is 6.33. The number of methoxy groups -OCH3 is 1. The Hall–Kier alpha value is -2.26. The average molecular weight is 285 g/mol. The molecule has 0 unspecified atom stereocenters. The van der Waals surface area contributed by atoms with E-state index >= 15 is 0 Å². The van der Waals surface area contributed by atoms with Crippen LogP contribution >= 0.6 is 11.6 Å². The van der Waals surface area contributed by atoms with Crippen LogP contribution in [0.25, 0.3) is 10.9 Å². The maximum Gasteiger partial charge on any atom is 0.121 e. The summed E-state index contributed by atoms with van der Waals surface area (Å²) in [6.45, 7) is 0. The van der Waals surface area contributed by atoms with E-state index in [1.54, 1.807) is 13.3 Å². The smallest absolute Gasteiger partial charge is 0.121 e. The van der Waals surface area contributed by atoms with E-state index in [1.807, 2.05) is 48.5 Å². The van der Waals surface area contributed by atoms with Crippen LogP contribution in [0.2, 0.25) is 5.02 Å². The molecule has 0 amide bonds. The second-order valence-electron chi connectivity index (χ2n) is 4.35. The summed E-state index contributed by atoms with van der Waals surface area (Å²) in [5, 5.41) is 5.05. The van der Waals surface area contributed by atoms with Crippen LogP contribution in [0.5, 0.6) is 5.75 Å². The van der Waals surface area contributed by atoms with E-state index in [9.17, 15) is 0 Å². The Morgan fingerprint density at radius 3 is 2.70 bits per heavy atom. The van der Waals surface area contributed by atoms with E-state index in [0.717, 1.165) is 28.0 Å². The van der Waals surface area contributed by atoms with E-state index in [0.29, 0.717) is 5.02 Å². The van der Waals surface area contributed by atoms with Crippen LogP contribution in [0, 0.1) is 0 Å². The maximum atomic E-state index is 6.17. The minimum absolute atomic E-state index is 0.686. The van der Waals surface area contributed by atoms with Gasteiger partial charge >= 0.3 is 0 Å². The molecule has 0 aliphatic carbocycles. The van der Waals surface area contributed by atoms with Crippen LogP contribution in [0.4, 0.5) is 11.4 Å². The van der Waals surface area contributed by atoms with Gasteiger partial charge in [0.1, 0.15) is 5.75 Å². The van der Waals surface area contributed by atoms with Crippen molar-refractivity contribution in [2.24, 2.45) is 0 Å². The van der Waals surface area contributed by atoms with Gasteiger partial charge in [0, 0.05) is 23.3 Å². The predicted molar refractivity (Wildman–Crippen MR) is 83.0 cm³/mol. The molecule has 0 radical (unpaired) electrons. The summed E-state index contributed by atoms with van der Waals surface area (Å²) < 4.78 is 5.22. The van der Waals surface area contributed by atoms with Crippen molar-refractivity contribution in [1.29, 1.82) is 0 Å². The third-order valence-corrected chi connectivity index (χ3v) is 3.42. The molecule has 4 heteroatoms. The Labute approximate surface area is 122 Å². The molecular formula is C16H13ClN2O. The minimum Gasteiger partial charge on any atom is -0.497 e. The zero-order valence-electron chi connectivity index (χ0n) is 10.9. The van der Waals surface area contributed by atoms with Crippen LogP contribution < -0.4 is 10.1 Å². The number of pyridine rings is 1. The number of fused-ring (bicyclic) bond motifs is 1. The Balaban J connectivity index is 2.06. The van der Waals surface area contributed by atoms with Crippen LogP contribution in [-0.2, 0) is 0 Å². The maximum absolute atomic E-state index is 6.17. The number of rotatable bonds is 3. The molecule has 100 valence electrons. The quantitative estimate of drug-likeness (QED) is 0.761. The normalized spacial score (nSPS) is 10.5. The fraction of sp³-hybridized carbons (Fsp3) is 0.0625. The summed E-state index contributed by atoms with van der Waals surface area (Å²) in [4.78, 5) is 4.36. The lowest BCUT2D eigenvalue weighted by atomic mass is 10.1. The summed E-state index contributed by atoms with van der Waals surface area (Å²) in [6.07, 6.45) is 1.76. The number of aromatic nitrogens is 1. The van der Waals surface area contributed by atoms with Crippen molar-refractivity contribution >= 4 is 33.9 Å². The highest BCUT2D eigenvalue weighted by Crippen LogP contribution is 2.30. The van der Waals surface area contributed by atoms with Gasteiger partial charge in [-0.1, -0.05) is 23.7 Å². The molecular weight excluding hydrogens is 272 g/mol. The van der Waals surface area contributed by atoms with Gasteiger partial charge < -0.3 is 10.1 Å². The molecule has 0 atom stereocenters. The van der Waals surface area contributed by atoms with Gasteiger partial charge in [-0.3, -0.25) is 4.98 Å². The molecule has 3 rings (SSSR count). The summed E-state index contributed by atoms with van der Waals surface area (Å²) in [6, 6.07) is 15.4. The fourth-order valence-corrected chi connectivity index (χ4v) is 2.25. The van der Waals surface area contributed by atoms with Crippen molar-refractivity contribution in [3.8, 4) is 5.75 Å². The van der Waals surface area contributed by atoms with E-state index < -0.39 is 0 Å². The predicted octanol–water partition coefficient (Wildman–Crippen LogP) is 4.64. The molecule has 0 saturated heterocycles. The average Bonchev–Trinajstić information content (AvgIpc) is 2.49. The Morgan fingerprint density at radius 1 is 1.05 bits per heavy atom. The van der Waals surface area contributed by atoms with Gasteiger partial charge in [-0.25, -0.2) is 0 Å². The molecule has 3 nitrogen and oxygen atoms in total. The lowest BCUT2D eigenvalue weighted by Crippen LogP contribution is -1.93. The fourth-order valence-electron chi connectivity index (χ4n) is 2.07. The summed E-state index contributed by atoms with van der Waals surface area (Å²) >= 11 is 6.17. The second kappa shape index (κ2) is 5.39. The molecule has 0 spiro atoms. The van der Waals surface area contributed by atoms with Crippen molar-refractivity contribution in [3.05, 3.63) is 59.8 Å². The van der Waals surface area contributed by atoms with Gasteiger partial charge in [0.05, 0.1) is 23.3 Å². The van der Waals surface area contributed by atoms with Gasteiger partial charge in [-0.2, -0.15) is 0 Å². The molecule has 0 saturated carbocycles. The molecule has 20 heavy (non-hydrogen) atoms. The summed E-state index contributed by atoms with van der Waals surface area (Å²) in [5.41, 5.74) is 2.71. The highest BCUT2D eigenvalue weighted by atomic mass is 35.5. The minimum atomic E-state index is 0.686. The first-order valence-corrected chi connectivity index (χ1v) is 6.60. The first-order chi connectivity index (χ1) is 9.78. The van der Waals surface area contributed by atoms with Gasteiger partial charge in [-0.15, -0.1) is 0 Å². The van der Waals surface area contributed by atoms with Crippen molar-refractivity contribution in [1.82, 2.24) is 4.98 Å². The van der Waals surface area contributed by atoms with Crippen LogP contribution in [0.15, 0.2) is 54.7 Å². The molecule has 3 aromatic rings. The number of hydrogen-bond acceptors (Lipinski definition) is 3. The lowest BCUT2D eigenvalue weighted by molar-refractivity contribution is 0.415. The molecule has 0 bridgehead atoms. The molecule has 0 fully saturated rings. The number of nitrogens with one attached hydrogen (secondary N) is 1. The molecule has 0 aliphatic rings. The zero-order valence-corrected chi connectivity index (χ0v) is 11.7. The third-order valence-electron chi connectivity index (χ3n) is 3.09. The van der Waals surface area contributed by atoms with Crippen molar-refractivity contribution < 1.29 is 4.74 Å². The van der Waals surface area contributed by atoms with Gasteiger partial charge in [-0.05, 0) is 30.3 Å². The monoisotopic (exact) mass is 284 g/mol. The van der Waals surface area contributed by atoms with Crippen molar-refractivity contribution in [2.45, 2.75) is 0 Å². The van der Waals surface area contributed by atoms with Gasteiger partial charge in [0.15, 0.2) is 0 Å². The van der Waals surface area contributed by atoms with Gasteiger partial charge in [0.2, 0.25) is 0 Å². The topological polar surface area (TPSA) is 34.1 Å². The van der Waals surface area contributed by atoms with E-state index in [2.05, 4.69) is 10.3 Å². The first kappa shape index (κ1) is 12.8. The molecule has 1 heterocycles. The Kier molecular flexibility index (Phi) is 3.44. The van der Waals surface area contributed by atoms with Crippen LogP contribution in [-0.4, -0.2) is 12.1 Å². The van der Waals surface area contributed by atoms with E-state index in [1.165, 1.54) is 0 Å². The number of anilines is 2. The Morgan fingerprint density at radius 2 is 1.90 bits per heavy atom. The first-order valence-electron chi connectivity index (χ1n) is 6.22. The summed E-state index contributed by atoms with van der Waals surface area (Å²) in [7, 11) is 1.65. The standard InChI is InChI=1S/C16H13ClN2O/c1-20-11-6-7-12-14(8-9-18-16(12)10-11)19-15-5-3-2-4-13(15)17/h2-10H,1H3,(H,18,19). The number of halogens is 1. The highest BCUT2D eigenvalue weighted by Gasteiger charge is 2.05. The summed E-state index contributed by atoms with van der Waals surface area (Å²) in [5.74, 6) is 0.792. The van der Waals surface area contributed by atoms with Crippen molar-refractivity contribution in [3.63, 3.8) is 0 Å². The van der Waals surface area contributed by atoms with Crippen LogP contribution in [0.1, 0.15) is 0 Å². The number of para-hydroxylation sites is 1. The third kappa shape index (κ3) is 2.40. The van der Waals surface area contributed by atoms with Crippen molar-refractivity contribution in [2.75, 3.05) is 12.4 Å². The molecule has 0 aliphatic heterocycles. The Bertz CT molecular complexity index is 758. The van der Waals surface area contributed by atoms with E-state index in [-0.39, 0.29) is 0 Å². The second-order valence-corrected chi connectivity index (χ2v) is 4.75. The molecule has 1 aromatic heterocycles. The van der Waals surface area contributed by atoms with Crippen LogP contribution in [0.3, 0.4) is 0 Å². The largest absolute Gasteiger partial charge is 0.497 e. The number of hydrogen-bond donors (Lipinski definition) is 1. The molecule has 2 aromatic carbocycles. The molecule has 1 N–H and O–H groups in total. The SMILES string of the molecule is COc1ccc2c(Nc3ccccc3Cl)ccnc2c1. The zero-order chi connectivity index (χ0) is 13.9. The number of ether oxygens (including phenoxy) is 1. The number of nitrogens with zero attached hydrogens (tertiary/aromatic N) is 1.